The fraction of sp³-hybridized carbons (Fsp3) is 0.200. The second-order valence-electron chi connectivity index (χ2n) is 5.43. The van der Waals surface area contributed by atoms with Crippen molar-refractivity contribution in [2.24, 2.45) is 0 Å². The highest BCUT2D eigenvalue weighted by molar-refractivity contribution is 7.09. The Hall–Kier alpha value is -2.66. The molecular formula is C20H19NO3S. The van der Waals surface area contributed by atoms with Crippen LogP contribution in [0, 0.1) is 0 Å². The normalized spacial score (nSPS) is 10.4. The van der Waals surface area contributed by atoms with Gasteiger partial charge in [-0.05, 0) is 24.6 Å². The number of hydrogen-bond donors (Lipinski definition) is 0. The maximum absolute atomic E-state index is 12.2. The van der Waals surface area contributed by atoms with Crippen molar-refractivity contribution in [2.45, 2.75) is 19.8 Å². The molecular weight excluding hydrogens is 334 g/mol. The largest absolute Gasteiger partial charge is 0.490 e. The van der Waals surface area contributed by atoms with Crippen LogP contribution in [-0.4, -0.2) is 17.6 Å². The molecule has 4 nitrogen and oxygen atoms in total. The minimum absolute atomic E-state index is 0.145. The number of thiazole rings is 1. The molecule has 1 heterocycles. The lowest BCUT2D eigenvalue weighted by atomic mass is 10.2. The van der Waals surface area contributed by atoms with Crippen molar-refractivity contribution >= 4 is 17.3 Å². The Morgan fingerprint density at radius 3 is 2.52 bits per heavy atom. The molecule has 0 atom stereocenters. The number of rotatable bonds is 7. The average Bonchev–Trinajstić information content (AvgIpc) is 3.04. The van der Waals surface area contributed by atoms with E-state index in [0.29, 0.717) is 18.1 Å². The van der Waals surface area contributed by atoms with Gasteiger partial charge in [0.25, 0.3) is 0 Å². The minimum atomic E-state index is -0.344. The standard InChI is InChI=1S/C20H19NO3S/c1-2-23-17-10-6-7-11-18(17)24-20(22)13-16-14-25-19(21-16)12-15-8-4-3-5-9-15/h3-11,14H,2,12-13H2,1H3. The van der Waals surface area contributed by atoms with Crippen LogP contribution in [0.4, 0.5) is 0 Å². The molecule has 0 aliphatic rings. The van der Waals surface area contributed by atoms with Gasteiger partial charge in [0, 0.05) is 11.8 Å². The summed E-state index contributed by atoms with van der Waals surface area (Å²) in [7, 11) is 0. The van der Waals surface area contributed by atoms with Gasteiger partial charge in [0.15, 0.2) is 11.5 Å². The van der Waals surface area contributed by atoms with E-state index in [1.54, 1.807) is 23.5 Å². The van der Waals surface area contributed by atoms with E-state index in [4.69, 9.17) is 9.47 Å². The van der Waals surface area contributed by atoms with Crippen LogP contribution in [0.1, 0.15) is 23.2 Å². The summed E-state index contributed by atoms with van der Waals surface area (Å²) in [6.07, 6.45) is 0.916. The van der Waals surface area contributed by atoms with Crippen LogP contribution in [0.5, 0.6) is 11.5 Å². The van der Waals surface area contributed by atoms with Crippen molar-refractivity contribution in [3.05, 3.63) is 76.2 Å². The molecule has 0 aliphatic heterocycles. The summed E-state index contributed by atoms with van der Waals surface area (Å²) in [4.78, 5) is 16.7. The van der Waals surface area contributed by atoms with Gasteiger partial charge in [0.2, 0.25) is 0 Å². The third-order valence-electron chi connectivity index (χ3n) is 3.50. The van der Waals surface area contributed by atoms with Gasteiger partial charge in [-0.1, -0.05) is 42.5 Å². The second kappa shape index (κ2) is 8.44. The molecule has 3 aromatic rings. The number of para-hydroxylation sites is 2. The molecule has 128 valence electrons. The van der Waals surface area contributed by atoms with Gasteiger partial charge < -0.3 is 9.47 Å². The number of ether oxygens (including phenoxy) is 2. The highest BCUT2D eigenvalue weighted by Crippen LogP contribution is 2.26. The molecule has 0 bridgehead atoms. The molecule has 0 unspecified atom stereocenters. The van der Waals surface area contributed by atoms with Gasteiger partial charge in [0.1, 0.15) is 0 Å². The summed E-state index contributed by atoms with van der Waals surface area (Å²) in [6.45, 7) is 2.41. The average molecular weight is 353 g/mol. The molecule has 3 rings (SSSR count). The summed E-state index contributed by atoms with van der Waals surface area (Å²) >= 11 is 1.56. The van der Waals surface area contributed by atoms with Gasteiger partial charge >= 0.3 is 5.97 Å². The summed E-state index contributed by atoms with van der Waals surface area (Å²) in [5.41, 5.74) is 1.94. The molecule has 0 aliphatic carbocycles. The topological polar surface area (TPSA) is 48.4 Å². The van der Waals surface area contributed by atoms with E-state index in [-0.39, 0.29) is 12.4 Å². The smallest absolute Gasteiger partial charge is 0.317 e. The van der Waals surface area contributed by atoms with Gasteiger partial charge in [0.05, 0.1) is 23.7 Å². The van der Waals surface area contributed by atoms with Crippen LogP contribution < -0.4 is 9.47 Å². The summed E-state index contributed by atoms with van der Waals surface area (Å²) in [6, 6.07) is 17.3. The van der Waals surface area contributed by atoms with E-state index >= 15 is 0 Å². The Kier molecular flexibility index (Phi) is 5.80. The van der Waals surface area contributed by atoms with E-state index in [1.807, 2.05) is 42.6 Å². The SMILES string of the molecule is CCOc1ccccc1OC(=O)Cc1csc(Cc2ccccc2)n1. The molecule has 5 heteroatoms. The first kappa shape index (κ1) is 17.2. The number of carbonyl (C=O) groups is 1. The van der Waals surface area contributed by atoms with Crippen LogP contribution in [0.25, 0.3) is 0 Å². The van der Waals surface area contributed by atoms with Crippen LogP contribution in [-0.2, 0) is 17.6 Å². The fourth-order valence-electron chi connectivity index (χ4n) is 2.40. The number of aromatic nitrogens is 1. The third-order valence-corrected chi connectivity index (χ3v) is 4.39. The maximum atomic E-state index is 12.2. The monoisotopic (exact) mass is 353 g/mol. The second-order valence-corrected chi connectivity index (χ2v) is 6.37. The lowest BCUT2D eigenvalue weighted by Gasteiger charge is -2.09. The highest BCUT2D eigenvalue weighted by atomic mass is 32.1. The zero-order chi connectivity index (χ0) is 17.5. The Labute approximate surface area is 151 Å². The summed E-state index contributed by atoms with van der Waals surface area (Å²) in [5, 5.41) is 2.90. The first-order valence-electron chi connectivity index (χ1n) is 8.14. The zero-order valence-corrected chi connectivity index (χ0v) is 14.8. The van der Waals surface area contributed by atoms with Crippen molar-refractivity contribution in [2.75, 3.05) is 6.61 Å². The Balaban J connectivity index is 1.60. The lowest BCUT2D eigenvalue weighted by molar-refractivity contribution is -0.133. The molecule has 25 heavy (non-hydrogen) atoms. The molecule has 2 aromatic carbocycles. The van der Waals surface area contributed by atoms with Crippen LogP contribution in [0.2, 0.25) is 0 Å². The number of hydrogen-bond acceptors (Lipinski definition) is 5. The van der Waals surface area contributed by atoms with Gasteiger partial charge in [-0.2, -0.15) is 0 Å². The quantitative estimate of drug-likeness (QED) is 0.470. The number of nitrogens with zero attached hydrogens (tertiary/aromatic N) is 1. The molecule has 0 amide bonds. The van der Waals surface area contributed by atoms with Crippen LogP contribution in [0.15, 0.2) is 60.0 Å². The summed E-state index contributed by atoms with van der Waals surface area (Å²) < 4.78 is 10.9. The minimum Gasteiger partial charge on any atom is -0.490 e. The molecule has 0 N–H and O–H groups in total. The third kappa shape index (κ3) is 4.90. The predicted octanol–water partition coefficient (Wildman–Crippen LogP) is 4.28. The fourth-order valence-corrected chi connectivity index (χ4v) is 3.23. The van der Waals surface area contributed by atoms with Crippen molar-refractivity contribution in [1.82, 2.24) is 4.98 Å². The van der Waals surface area contributed by atoms with Gasteiger partial charge in [-0.25, -0.2) is 4.98 Å². The van der Waals surface area contributed by atoms with E-state index in [1.165, 1.54) is 5.56 Å². The predicted molar refractivity (Wildman–Crippen MR) is 98.3 cm³/mol. The molecule has 0 radical (unpaired) electrons. The Morgan fingerprint density at radius 1 is 1.04 bits per heavy atom. The highest BCUT2D eigenvalue weighted by Gasteiger charge is 2.13. The maximum Gasteiger partial charge on any atom is 0.317 e. The molecule has 1 aromatic heterocycles. The number of carbonyl (C=O) groups excluding carboxylic acids is 1. The Bertz CT molecular complexity index is 830. The van der Waals surface area contributed by atoms with E-state index in [0.717, 1.165) is 17.1 Å². The van der Waals surface area contributed by atoms with Crippen LogP contribution in [0.3, 0.4) is 0 Å². The molecule has 0 fully saturated rings. The number of benzene rings is 2. The van der Waals surface area contributed by atoms with Crippen molar-refractivity contribution in [3.8, 4) is 11.5 Å². The first-order valence-corrected chi connectivity index (χ1v) is 9.02. The first-order chi connectivity index (χ1) is 12.2. The molecule has 0 saturated heterocycles. The van der Waals surface area contributed by atoms with Crippen molar-refractivity contribution in [3.63, 3.8) is 0 Å². The number of esters is 1. The zero-order valence-electron chi connectivity index (χ0n) is 14.0. The van der Waals surface area contributed by atoms with E-state index < -0.39 is 0 Å². The van der Waals surface area contributed by atoms with Crippen molar-refractivity contribution < 1.29 is 14.3 Å². The Morgan fingerprint density at radius 2 is 1.76 bits per heavy atom. The molecule has 0 spiro atoms. The summed E-state index contributed by atoms with van der Waals surface area (Å²) in [5.74, 6) is 0.666. The van der Waals surface area contributed by atoms with E-state index in [9.17, 15) is 4.79 Å². The van der Waals surface area contributed by atoms with Gasteiger partial charge in [-0.3, -0.25) is 4.79 Å². The van der Waals surface area contributed by atoms with Gasteiger partial charge in [-0.15, -0.1) is 11.3 Å². The lowest BCUT2D eigenvalue weighted by Crippen LogP contribution is -2.12. The van der Waals surface area contributed by atoms with Crippen molar-refractivity contribution in [1.29, 1.82) is 0 Å². The molecule has 0 saturated carbocycles. The van der Waals surface area contributed by atoms with Crippen LogP contribution >= 0.6 is 11.3 Å². The van der Waals surface area contributed by atoms with E-state index in [2.05, 4.69) is 17.1 Å².